The van der Waals surface area contributed by atoms with Crippen molar-refractivity contribution >= 4 is 43.1 Å². The second kappa shape index (κ2) is 8.90. The average molecular weight is 547 g/mol. The minimum atomic E-state index is -0.0841. The van der Waals surface area contributed by atoms with Crippen molar-refractivity contribution in [1.29, 1.82) is 0 Å². The maximum atomic E-state index is 2.48. The molecule has 0 radical (unpaired) electrons. The fourth-order valence-corrected chi connectivity index (χ4v) is 7.75. The molecule has 9 rings (SSSR count). The first-order chi connectivity index (χ1) is 21.1. The zero-order valence-electron chi connectivity index (χ0n) is 24.4. The second-order valence-corrected chi connectivity index (χ2v) is 12.5. The molecule has 0 saturated carbocycles. The summed E-state index contributed by atoms with van der Waals surface area (Å²) in [5, 5.41) is 10.3. The van der Waals surface area contributed by atoms with Crippen LogP contribution in [0, 0.1) is 0 Å². The molecule has 0 amide bonds. The monoisotopic (exact) mass is 546 g/mol. The molecule has 1 aliphatic carbocycles. The van der Waals surface area contributed by atoms with E-state index in [9.17, 15) is 0 Å². The highest BCUT2D eigenvalue weighted by Crippen LogP contribution is 2.52. The van der Waals surface area contributed by atoms with E-state index >= 15 is 0 Å². The number of fused-ring (bicyclic) bond motifs is 7. The van der Waals surface area contributed by atoms with Crippen molar-refractivity contribution in [1.82, 2.24) is 0 Å². The van der Waals surface area contributed by atoms with Gasteiger partial charge in [0, 0.05) is 5.41 Å². The first-order valence-corrected chi connectivity index (χ1v) is 15.2. The van der Waals surface area contributed by atoms with Gasteiger partial charge in [-0.2, -0.15) is 0 Å². The lowest BCUT2D eigenvalue weighted by molar-refractivity contribution is 0.661. The van der Waals surface area contributed by atoms with Gasteiger partial charge in [-0.15, -0.1) is 0 Å². The van der Waals surface area contributed by atoms with Gasteiger partial charge in [0.25, 0.3) is 0 Å². The van der Waals surface area contributed by atoms with Crippen LogP contribution in [0.25, 0.3) is 76.5 Å². The van der Waals surface area contributed by atoms with Crippen LogP contribution in [0.2, 0.25) is 0 Å². The van der Waals surface area contributed by atoms with E-state index in [1.807, 2.05) is 0 Å². The van der Waals surface area contributed by atoms with Gasteiger partial charge in [0.2, 0.25) is 0 Å². The maximum absolute atomic E-state index is 2.48. The van der Waals surface area contributed by atoms with Gasteiger partial charge < -0.3 is 0 Å². The van der Waals surface area contributed by atoms with Gasteiger partial charge in [-0.3, -0.25) is 0 Å². The lowest BCUT2D eigenvalue weighted by Gasteiger charge is -2.23. The Kier molecular flexibility index (Phi) is 5.05. The first kappa shape index (κ1) is 24.4. The van der Waals surface area contributed by atoms with Crippen LogP contribution in [0.1, 0.15) is 25.0 Å². The van der Waals surface area contributed by atoms with Crippen molar-refractivity contribution in [3.8, 4) is 33.4 Å². The van der Waals surface area contributed by atoms with E-state index in [-0.39, 0.29) is 5.41 Å². The molecular formula is C43H30. The molecule has 202 valence electrons. The van der Waals surface area contributed by atoms with Crippen molar-refractivity contribution in [3.05, 3.63) is 157 Å². The molecule has 8 aromatic rings. The van der Waals surface area contributed by atoms with E-state index in [2.05, 4.69) is 159 Å². The van der Waals surface area contributed by atoms with Crippen molar-refractivity contribution in [3.63, 3.8) is 0 Å². The summed E-state index contributed by atoms with van der Waals surface area (Å²) in [4.78, 5) is 0. The summed E-state index contributed by atoms with van der Waals surface area (Å²) in [7, 11) is 0. The third-order valence-electron chi connectivity index (χ3n) is 9.82. The second-order valence-electron chi connectivity index (χ2n) is 12.5. The zero-order chi connectivity index (χ0) is 28.7. The van der Waals surface area contributed by atoms with E-state index < -0.39 is 0 Å². The Morgan fingerprint density at radius 1 is 0.349 bits per heavy atom. The fraction of sp³-hybridized carbons (Fsp3) is 0.0698. The molecule has 0 aromatic heterocycles. The van der Waals surface area contributed by atoms with Gasteiger partial charge in [0.1, 0.15) is 0 Å². The van der Waals surface area contributed by atoms with Gasteiger partial charge in [0.05, 0.1) is 0 Å². The fourth-order valence-electron chi connectivity index (χ4n) is 7.75. The molecule has 0 bridgehead atoms. The van der Waals surface area contributed by atoms with Crippen LogP contribution in [0.3, 0.4) is 0 Å². The lowest BCUT2D eigenvalue weighted by Crippen LogP contribution is -2.15. The third-order valence-corrected chi connectivity index (χ3v) is 9.82. The standard InChI is InChI=1S/C43H30/c1-43(2)39-26-30(22-23-32(39)38-24-28-13-3-4-14-29(28)25-40(38)43)41-34-17-7-9-19-36(34)42(37-20-10-8-18-35(37)41)33-21-11-15-27-12-5-6-16-31(27)33/h3-26H,1-2H3. The van der Waals surface area contributed by atoms with Gasteiger partial charge in [0.15, 0.2) is 0 Å². The van der Waals surface area contributed by atoms with E-state index in [1.54, 1.807) is 0 Å². The Hall–Kier alpha value is -5.20. The summed E-state index contributed by atoms with van der Waals surface area (Å²) in [6, 6.07) is 54.2. The molecule has 0 fully saturated rings. The summed E-state index contributed by atoms with van der Waals surface area (Å²) in [5.74, 6) is 0. The highest BCUT2D eigenvalue weighted by Gasteiger charge is 2.36. The van der Waals surface area contributed by atoms with Crippen LogP contribution >= 0.6 is 0 Å². The Morgan fingerprint density at radius 2 is 0.860 bits per heavy atom. The highest BCUT2D eigenvalue weighted by molar-refractivity contribution is 6.23. The molecule has 0 unspecified atom stereocenters. The first-order valence-electron chi connectivity index (χ1n) is 15.2. The molecule has 0 spiro atoms. The van der Waals surface area contributed by atoms with Gasteiger partial charge >= 0.3 is 0 Å². The van der Waals surface area contributed by atoms with Crippen molar-refractivity contribution in [2.24, 2.45) is 0 Å². The Balaban J connectivity index is 1.34. The van der Waals surface area contributed by atoms with E-state index in [0.717, 1.165) is 0 Å². The number of hydrogen-bond acceptors (Lipinski definition) is 0. The van der Waals surface area contributed by atoms with Gasteiger partial charge in [-0.25, -0.2) is 0 Å². The summed E-state index contributed by atoms with van der Waals surface area (Å²) >= 11 is 0. The Bertz CT molecular complexity index is 2360. The predicted molar refractivity (Wildman–Crippen MR) is 185 cm³/mol. The normalized spacial score (nSPS) is 13.5. The van der Waals surface area contributed by atoms with Crippen LogP contribution < -0.4 is 0 Å². The van der Waals surface area contributed by atoms with Crippen LogP contribution in [-0.4, -0.2) is 0 Å². The van der Waals surface area contributed by atoms with Crippen molar-refractivity contribution in [2.75, 3.05) is 0 Å². The quantitative estimate of drug-likeness (QED) is 0.189. The minimum absolute atomic E-state index is 0.0841. The molecule has 1 aliphatic rings. The summed E-state index contributed by atoms with van der Waals surface area (Å²) in [6.45, 7) is 4.77. The minimum Gasteiger partial charge on any atom is -0.0616 e. The zero-order valence-corrected chi connectivity index (χ0v) is 24.4. The maximum Gasteiger partial charge on any atom is 0.0159 e. The summed E-state index contributed by atoms with van der Waals surface area (Å²) in [6.07, 6.45) is 0. The van der Waals surface area contributed by atoms with Crippen molar-refractivity contribution < 1.29 is 0 Å². The molecule has 0 nitrogen and oxygen atoms in total. The van der Waals surface area contributed by atoms with E-state index in [0.29, 0.717) is 0 Å². The Morgan fingerprint density at radius 3 is 1.53 bits per heavy atom. The molecule has 43 heavy (non-hydrogen) atoms. The molecule has 0 atom stereocenters. The number of hydrogen-bond donors (Lipinski definition) is 0. The topological polar surface area (TPSA) is 0 Å². The third kappa shape index (κ3) is 3.44. The molecule has 0 saturated heterocycles. The van der Waals surface area contributed by atoms with E-state index in [4.69, 9.17) is 0 Å². The van der Waals surface area contributed by atoms with Crippen LogP contribution in [-0.2, 0) is 5.41 Å². The van der Waals surface area contributed by atoms with Gasteiger partial charge in [-0.1, -0.05) is 141 Å². The number of benzene rings is 8. The molecule has 8 aromatic carbocycles. The summed E-state index contributed by atoms with van der Waals surface area (Å²) < 4.78 is 0. The van der Waals surface area contributed by atoms with Crippen LogP contribution in [0.5, 0.6) is 0 Å². The molecule has 0 heterocycles. The highest BCUT2D eigenvalue weighted by atomic mass is 14.4. The van der Waals surface area contributed by atoms with Crippen LogP contribution in [0.4, 0.5) is 0 Å². The largest absolute Gasteiger partial charge is 0.0616 e. The Labute approximate surface area is 251 Å². The van der Waals surface area contributed by atoms with Crippen molar-refractivity contribution in [2.45, 2.75) is 19.3 Å². The molecular weight excluding hydrogens is 516 g/mol. The predicted octanol–water partition coefficient (Wildman–Crippen LogP) is 11.9. The SMILES string of the molecule is CC1(C)c2cc(-c3c4ccccc4c(-c4cccc5ccccc45)c4ccccc34)ccc2-c2cc3ccccc3cc21. The van der Waals surface area contributed by atoms with E-state index in [1.165, 1.54) is 87.6 Å². The van der Waals surface area contributed by atoms with Crippen LogP contribution in [0.15, 0.2) is 146 Å². The molecule has 0 heteroatoms. The summed E-state index contributed by atoms with van der Waals surface area (Å²) in [5.41, 5.74) is 10.7. The average Bonchev–Trinajstić information content (AvgIpc) is 3.27. The lowest BCUT2D eigenvalue weighted by atomic mass is 9.80. The molecule has 0 aliphatic heterocycles. The molecule has 0 N–H and O–H groups in total. The van der Waals surface area contributed by atoms with Gasteiger partial charge in [-0.05, 0) is 106 Å². The number of rotatable bonds is 2. The smallest absolute Gasteiger partial charge is 0.0159 e.